The van der Waals surface area contributed by atoms with Crippen LogP contribution in [-0.4, -0.2) is 23.8 Å². The summed E-state index contributed by atoms with van der Waals surface area (Å²) in [6.45, 7) is 0.476. The van der Waals surface area contributed by atoms with Crippen molar-refractivity contribution in [3.8, 4) is 0 Å². The molecule has 2 aliphatic rings. The van der Waals surface area contributed by atoms with Crippen LogP contribution in [0.25, 0.3) is 0 Å². The average molecular weight is 435 g/mol. The minimum Gasteiger partial charge on any atom is -0.457 e. The number of hydrogen-bond acceptors (Lipinski definition) is 5. The van der Waals surface area contributed by atoms with Gasteiger partial charge in [0.05, 0.1) is 4.91 Å². The van der Waals surface area contributed by atoms with Gasteiger partial charge in [0, 0.05) is 29.9 Å². The zero-order valence-corrected chi connectivity index (χ0v) is 17.9. The maximum Gasteiger partial charge on any atom is 0.316 e. The summed E-state index contributed by atoms with van der Waals surface area (Å²) < 4.78 is 5.94. The Bertz CT molecular complexity index is 1060. The molecule has 1 aliphatic heterocycles. The molecule has 31 heavy (non-hydrogen) atoms. The molecule has 0 bridgehead atoms. The van der Waals surface area contributed by atoms with Gasteiger partial charge in [-0.3, -0.25) is 9.59 Å². The predicted octanol–water partition coefficient (Wildman–Crippen LogP) is 4.75. The third kappa shape index (κ3) is 6.02. The summed E-state index contributed by atoms with van der Waals surface area (Å²) >= 11 is 4.38. The van der Waals surface area contributed by atoms with Crippen LogP contribution in [0.3, 0.4) is 0 Å². The van der Waals surface area contributed by atoms with Gasteiger partial charge in [-0.05, 0) is 42.7 Å². The number of rotatable bonds is 6. The van der Waals surface area contributed by atoms with Crippen LogP contribution in [0.4, 0.5) is 0 Å². The first-order valence-corrected chi connectivity index (χ1v) is 10.2. The summed E-state index contributed by atoms with van der Waals surface area (Å²) in [6.07, 6.45) is 13.2. The lowest BCUT2D eigenvalue weighted by Crippen LogP contribution is -2.26. The molecule has 0 aromatic heterocycles. The standard InChI is InChI=1S/C24H22N2O4S/c1-26(16-17-7-3-2-4-8-17)24(28)22(31)15-20-11-6-12-21(30-20)18-9-5-10-19(14-13-18)23(27)25-29/h2-4,7-15,31H,5-6,16H2,1H3/b22-15-. The number of carbonyl (C=O) groups excluding carboxylic acids is 2. The van der Waals surface area contributed by atoms with Crippen LogP contribution in [-0.2, 0) is 20.9 Å². The molecule has 0 spiro atoms. The largest absolute Gasteiger partial charge is 0.457 e. The van der Waals surface area contributed by atoms with Crippen LogP contribution >= 0.6 is 12.6 Å². The highest BCUT2D eigenvalue weighted by atomic mass is 32.1. The lowest BCUT2D eigenvalue weighted by atomic mass is 10.1. The molecule has 6 nitrogen and oxygen atoms in total. The van der Waals surface area contributed by atoms with Crippen molar-refractivity contribution < 1.29 is 14.3 Å². The third-order valence-electron chi connectivity index (χ3n) is 4.69. The second-order valence-corrected chi connectivity index (χ2v) is 7.46. The fraction of sp³-hybridized carbons (Fsp3) is 0.167. The number of hydrogen-bond donors (Lipinski definition) is 1. The lowest BCUT2D eigenvalue weighted by molar-refractivity contribution is -0.125. The average Bonchev–Trinajstić information content (AvgIpc) is 3.05. The van der Waals surface area contributed by atoms with E-state index in [4.69, 9.17) is 4.74 Å². The Balaban J connectivity index is 1.64. The summed E-state index contributed by atoms with van der Waals surface area (Å²) in [6, 6.07) is 9.71. The Morgan fingerprint density at radius 2 is 1.84 bits per heavy atom. The molecule has 1 aromatic carbocycles. The molecule has 158 valence electrons. The van der Waals surface area contributed by atoms with Gasteiger partial charge in [-0.1, -0.05) is 48.6 Å². The number of benzene rings is 1. The second kappa shape index (κ2) is 10.5. The maximum atomic E-state index is 12.7. The van der Waals surface area contributed by atoms with Gasteiger partial charge < -0.3 is 9.64 Å². The minimum absolute atomic E-state index is 0.213. The Labute approximate surface area is 186 Å². The SMILES string of the molecule is CN(Cc1ccccc1)C(=O)/C(S)=C/C1=CCC=C(C2=CCC=C(C(=O)N=O)C=C2)O1. The first-order valence-electron chi connectivity index (χ1n) is 9.72. The molecule has 1 aliphatic carbocycles. The summed E-state index contributed by atoms with van der Waals surface area (Å²) in [5.74, 6) is 0.111. The summed E-state index contributed by atoms with van der Waals surface area (Å²) in [7, 11) is 1.72. The van der Waals surface area contributed by atoms with Crippen molar-refractivity contribution in [1.29, 1.82) is 0 Å². The van der Waals surface area contributed by atoms with Crippen molar-refractivity contribution in [2.75, 3.05) is 7.05 Å². The third-order valence-corrected chi connectivity index (χ3v) is 5.01. The van der Waals surface area contributed by atoms with Crippen LogP contribution < -0.4 is 0 Å². The van der Waals surface area contributed by atoms with Crippen LogP contribution in [0.5, 0.6) is 0 Å². The van der Waals surface area contributed by atoms with Crippen molar-refractivity contribution in [3.63, 3.8) is 0 Å². The highest BCUT2D eigenvalue weighted by Crippen LogP contribution is 2.27. The molecule has 0 radical (unpaired) electrons. The minimum atomic E-state index is -0.800. The van der Waals surface area contributed by atoms with E-state index in [1.54, 1.807) is 36.3 Å². The van der Waals surface area contributed by atoms with Crippen LogP contribution in [0, 0.1) is 4.91 Å². The molecule has 0 N–H and O–H groups in total. The molecule has 0 saturated carbocycles. The molecule has 1 aromatic rings. The molecule has 0 unspecified atom stereocenters. The fourth-order valence-corrected chi connectivity index (χ4v) is 3.40. The smallest absolute Gasteiger partial charge is 0.316 e. The molecular weight excluding hydrogens is 412 g/mol. The van der Waals surface area contributed by atoms with E-state index in [-0.39, 0.29) is 16.4 Å². The topological polar surface area (TPSA) is 76.0 Å². The monoisotopic (exact) mass is 434 g/mol. The van der Waals surface area contributed by atoms with E-state index in [9.17, 15) is 14.5 Å². The van der Waals surface area contributed by atoms with Crippen molar-refractivity contribution >= 4 is 24.4 Å². The van der Waals surface area contributed by atoms with Gasteiger partial charge in [0.2, 0.25) is 0 Å². The first kappa shape index (κ1) is 22.2. The van der Waals surface area contributed by atoms with Crippen LogP contribution in [0.2, 0.25) is 0 Å². The molecular formula is C24H22N2O4S. The zero-order chi connectivity index (χ0) is 22.2. The van der Waals surface area contributed by atoms with Gasteiger partial charge in [0.1, 0.15) is 11.5 Å². The second-order valence-electron chi connectivity index (χ2n) is 6.97. The number of nitroso groups, excluding NO2 is 1. The van der Waals surface area contributed by atoms with E-state index < -0.39 is 5.91 Å². The number of likely N-dealkylation sites (N-methyl/N-ethyl adjacent to an activating group) is 1. The number of nitrogens with zero attached hydrogens (tertiary/aromatic N) is 2. The van der Waals surface area contributed by atoms with Gasteiger partial charge in [0.15, 0.2) is 0 Å². The van der Waals surface area contributed by atoms with Gasteiger partial charge in [0.25, 0.3) is 5.91 Å². The number of thiol groups is 1. The highest BCUT2D eigenvalue weighted by molar-refractivity contribution is 7.85. The number of amides is 2. The Morgan fingerprint density at radius 1 is 1.10 bits per heavy atom. The number of allylic oxidation sites excluding steroid dienone is 6. The summed E-state index contributed by atoms with van der Waals surface area (Å²) in [4.78, 5) is 36.5. The van der Waals surface area contributed by atoms with E-state index in [0.29, 0.717) is 30.9 Å². The molecule has 0 fully saturated rings. The predicted molar refractivity (Wildman–Crippen MR) is 123 cm³/mol. The van der Waals surface area contributed by atoms with Crippen molar-refractivity contribution in [2.45, 2.75) is 19.4 Å². The van der Waals surface area contributed by atoms with Gasteiger partial charge in [-0.25, -0.2) is 0 Å². The molecule has 2 amide bonds. The first-order chi connectivity index (χ1) is 15.0. The molecule has 0 saturated heterocycles. The molecule has 3 rings (SSSR count). The quantitative estimate of drug-likeness (QED) is 0.398. The lowest BCUT2D eigenvalue weighted by Gasteiger charge is -2.19. The van der Waals surface area contributed by atoms with Gasteiger partial charge in [-0.15, -0.1) is 17.5 Å². The van der Waals surface area contributed by atoms with Crippen molar-refractivity contribution in [3.05, 3.63) is 111 Å². The molecule has 1 heterocycles. The van der Waals surface area contributed by atoms with Crippen molar-refractivity contribution in [2.24, 2.45) is 5.18 Å². The summed E-state index contributed by atoms with van der Waals surface area (Å²) in [5.41, 5.74) is 2.05. The number of ether oxygens (including phenoxy) is 1. The Hall–Kier alpha value is -3.45. The maximum absolute atomic E-state index is 12.7. The Morgan fingerprint density at radius 3 is 2.58 bits per heavy atom. The van der Waals surface area contributed by atoms with Crippen LogP contribution in [0.15, 0.2) is 106 Å². The molecule has 7 heteroatoms. The highest BCUT2D eigenvalue weighted by Gasteiger charge is 2.16. The number of carbonyl (C=O) groups is 2. The van der Waals surface area contributed by atoms with Gasteiger partial charge >= 0.3 is 5.91 Å². The Kier molecular flexibility index (Phi) is 7.56. The normalized spacial score (nSPS) is 16.1. The fourth-order valence-electron chi connectivity index (χ4n) is 3.10. The summed E-state index contributed by atoms with van der Waals surface area (Å²) in [5, 5.41) is 2.45. The van der Waals surface area contributed by atoms with E-state index >= 15 is 0 Å². The van der Waals surface area contributed by atoms with Gasteiger partial charge in [-0.2, -0.15) is 0 Å². The van der Waals surface area contributed by atoms with E-state index in [1.165, 1.54) is 0 Å². The van der Waals surface area contributed by atoms with E-state index in [1.807, 2.05) is 48.6 Å². The van der Waals surface area contributed by atoms with Crippen LogP contribution in [0.1, 0.15) is 18.4 Å². The van der Waals surface area contributed by atoms with E-state index in [0.717, 1.165) is 11.1 Å². The van der Waals surface area contributed by atoms with E-state index in [2.05, 4.69) is 17.8 Å². The molecule has 0 atom stereocenters. The zero-order valence-electron chi connectivity index (χ0n) is 17.0. The van der Waals surface area contributed by atoms with Crippen molar-refractivity contribution in [1.82, 2.24) is 4.90 Å².